The SMILES string of the molecule is CC(C)(C)NC(=O)C1CC2CCCCC2CN1CC(O)C(Cc1ccccc1)NC(=O)CCCC(=O)O. The fraction of sp³-hybridized carbons (Fsp3) is 0.690. The number of nitrogens with one attached hydrogen (secondary N) is 2. The molecular weight excluding hydrogens is 470 g/mol. The van der Waals surface area contributed by atoms with E-state index in [4.69, 9.17) is 5.11 Å². The van der Waals surface area contributed by atoms with Crippen molar-refractivity contribution in [1.82, 2.24) is 15.5 Å². The van der Waals surface area contributed by atoms with Gasteiger partial charge in [-0.3, -0.25) is 19.3 Å². The summed E-state index contributed by atoms with van der Waals surface area (Å²) in [5.41, 5.74) is 0.648. The lowest BCUT2D eigenvalue weighted by molar-refractivity contribution is -0.137. The van der Waals surface area contributed by atoms with Crippen LogP contribution in [0.25, 0.3) is 0 Å². The van der Waals surface area contributed by atoms with E-state index in [1.165, 1.54) is 12.8 Å². The minimum Gasteiger partial charge on any atom is -0.481 e. The van der Waals surface area contributed by atoms with E-state index in [2.05, 4.69) is 15.5 Å². The van der Waals surface area contributed by atoms with Crippen LogP contribution in [0.15, 0.2) is 30.3 Å². The molecule has 1 aliphatic heterocycles. The van der Waals surface area contributed by atoms with E-state index in [9.17, 15) is 19.5 Å². The van der Waals surface area contributed by atoms with Crippen molar-refractivity contribution >= 4 is 17.8 Å². The quantitative estimate of drug-likeness (QED) is 0.360. The Hall–Kier alpha value is -2.45. The number of rotatable bonds is 11. The Morgan fingerprint density at radius 3 is 2.38 bits per heavy atom. The summed E-state index contributed by atoms with van der Waals surface area (Å²) in [6.07, 6.45) is 5.36. The Labute approximate surface area is 221 Å². The highest BCUT2D eigenvalue weighted by molar-refractivity contribution is 5.82. The maximum atomic E-state index is 13.3. The van der Waals surface area contributed by atoms with Crippen molar-refractivity contribution in [2.75, 3.05) is 13.1 Å². The monoisotopic (exact) mass is 515 g/mol. The number of fused-ring (bicyclic) bond motifs is 1. The largest absolute Gasteiger partial charge is 0.481 e. The van der Waals surface area contributed by atoms with Crippen LogP contribution in [0.3, 0.4) is 0 Å². The Morgan fingerprint density at radius 2 is 1.73 bits per heavy atom. The number of β-amino-alcohol motifs (C(OH)–C–C–N with tert-alkyl or cyclic N) is 1. The summed E-state index contributed by atoms with van der Waals surface area (Å²) in [5.74, 6) is -0.139. The molecule has 1 aliphatic carbocycles. The van der Waals surface area contributed by atoms with Gasteiger partial charge in [-0.2, -0.15) is 0 Å². The predicted octanol–water partition coefficient (Wildman–Crippen LogP) is 3.13. The first kappa shape index (κ1) is 29.1. The van der Waals surface area contributed by atoms with Crippen LogP contribution < -0.4 is 10.6 Å². The van der Waals surface area contributed by atoms with Gasteiger partial charge < -0.3 is 20.8 Å². The van der Waals surface area contributed by atoms with Gasteiger partial charge >= 0.3 is 5.97 Å². The highest BCUT2D eigenvalue weighted by Crippen LogP contribution is 2.39. The van der Waals surface area contributed by atoms with Gasteiger partial charge in [-0.15, -0.1) is 0 Å². The third kappa shape index (κ3) is 9.42. The zero-order valence-corrected chi connectivity index (χ0v) is 22.6. The zero-order valence-electron chi connectivity index (χ0n) is 22.6. The molecule has 0 radical (unpaired) electrons. The van der Waals surface area contributed by atoms with Crippen molar-refractivity contribution in [2.24, 2.45) is 11.8 Å². The third-order valence-electron chi connectivity index (χ3n) is 7.63. The molecule has 2 aliphatic rings. The van der Waals surface area contributed by atoms with Crippen molar-refractivity contribution in [3.8, 4) is 0 Å². The van der Waals surface area contributed by atoms with Crippen molar-refractivity contribution in [1.29, 1.82) is 0 Å². The minimum absolute atomic E-state index is 0.000962. The number of hydrogen-bond donors (Lipinski definition) is 4. The highest BCUT2D eigenvalue weighted by Gasteiger charge is 2.41. The maximum absolute atomic E-state index is 13.3. The molecule has 5 atom stereocenters. The first-order chi connectivity index (χ1) is 17.5. The molecule has 8 nitrogen and oxygen atoms in total. The van der Waals surface area contributed by atoms with E-state index in [1.807, 2.05) is 51.1 Å². The molecule has 1 saturated carbocycles. The van der Waals surface area contributed by atoms with Crippen LogP contribution in [0.1, 0.15) is 77.7 Å². The molecule has 0 aromatic heterocycles. The number of carbonyl (C=O) groups is 3. The number of carboxylic acid groups (broad SMARTS) is 1. The van der Waals surface area contributed by atoms with Gasteiger partial charge in [0.2, 0.25) is 11.8 Å². The molecule has 1 heterocycles. The summed E-state index contributed by atoms with van der Waals surface area (Å²) in [5, 5.41) is 26.4. The lowest BCUT2D eigenvalue weighted by Gasteiger charge is -2.47. The van der Waals surface area contributed by atoms with E-state index in [-0.39, 0.29) is 42.7 Å². The van der Waals surface area contributed by atoms with Crippen LogP contribution in [-0.4, -0.2) is 69.7 Å². The van der Waals surface area contributed by atoms with Crippen molar-refractivity contribution in [2.45, 2.75) is 102 Å². The molecule has 0 bridgehead atoms. The molecule has 1 aromatic carbocycles. The summed E-state index contributed by atoms with van der Waals surface area (Å²) < 4.78 is 0. The number of nitrogens with zero attached hydrogens (tertiary/aromatic N) is 1. The van der Waals surface area contributed by atoms with Crippen LogP contribution in [0, 0.1) is 11.8 Å². The number of aliphatic hydroxyl groups excluding tert-OH is 1. The van der Waals surface area contributed by atoms with Gasteiger partial charge in [-0.05, 0) is 63.9 Å². The maximum Gasteiger partial charge on any atom is 0.303 e. The van der Waals surface area contributed by atoms with E-state index in [0.29, 0.717) is 24.8 Å². The standard InChI is InChI=1S/C29H45N3O5/c1-29(2,3)31-28(37)24-17-21-12-7-8-13-22(21)18-32(24)19-25(33)23(16-20-10-5-4-6-11-20)30-26(34)14-9-15-27(35)36/h4-6,10-11,21-25,33H,7-9,12-19H2,1-3H3,(H,30,34)(H,31,37)(H,35,36). The lowest BCUT2D eigenvalue weighted by atomic mass is 9.72. The number of piperidine rings is 1. The number of carbonyl (C=O) groups excluding carboxylic acids is 2. The minimum atomic E-state index is -0.931. The Bertz CT molecular complexity index is 901. The molecule has 4 N–H and O–H groups in total. The van der Waals surface area contributed by atoms with Crippen molar-refractivity contribution in [3.05, 3.63) is 35.9 Å². The Morgan fingerprint density at radius 1 is 1.05 bits per heavy atom. The summed E-state index contributed by atoms with van der Waals surface area (Å²) in [4.78, 5) is 39.0. The molecule has 0 spiro atoms. The molecular formula is C29H45N3O5. The van der Waals surface area contributed by atoms with Gasteiger partial charge in [0.15, 0.2) is 0 Å². The number of amides is 2. The molecule has 2 fully saturated rings. The second-order valence-electron chi connectivity index (χ2n) is 11.9. The number of hydrogen-bond acceptors (Lipinski definition) is 5. The molecule has 1 aromatic rings. The van der Waals surface area contributed by atoms with E-state index in [0.717, 1.165) is 31.4 Å². The molecule has 206 valence electrons. The van der Waals surface area contributed by atoms with Crippen LogP contribution in [-0.2, 0) is 20.8 Å². The van der Waals surface area contributed by atoms with E-state index >= 15 is 0 Å². The Balaban J connectivity index is 1.74. The van der Waals surface area contributed by atoms with E-state index < -0.39 is 18.1 Å². The second kappa shape index (κ2) is 13.4. The van der Waals surface area contributed by atoms with Crippen molar-refractivity contribution < 1.29 is 24.6 Å². The van der Waals surface area contributed by atoms with Crippen LogP contribution in [0.2, 0.25) is 0 Å². The van der Waals surface area contributed by atoms with Gasteiger partial charge in [0.05, 0.1) is 18.2 Å². The first-order valence-electron chi connectivity index (χ1n) is 13.8. The number of likely N-dealkylation sites (tertiary alicyclic amines) is 1. The molecule has 1 saturated heterocycles. The molecule has 8 heteroatoms. The van der Waals surface area contributed by atoms with Gasteiger partial charge in [0, 0.05) is 31.5 Å². The second-order valence-corrected chi connectivity index (χ2v) is 11.9. The topological polar surface area (TPSA) is 119 Å². The normalized spacial score (nSPS) is 23.9. The van der Waals surface area contributed by atoms with Gasteiger partial charge in [-0.25, -0.2) is 0 Å². The summed E-state index contributed by atoms with van der Waals surface area (Å²) in [7, 11) is 0. The van der Waals surface area contributed by atoms with Crippen LogP contribution in [0.4, 0.5) is 0 Å². The van der Waals surface area contributed by atoms with Crippen molar-refractivity contribution in [3.63, 3.8) is 0 Å². The number of aliphatic carboxylic acids is 1. The fourth-order valence-corrected chi connectivity index (χ4v) is 5.82. The average molecular weight is 516 g/mol. The molecule has 2 amide bonds. The molecule has 37 heavy (non-hydrogen) atoms. The van der Waals surface area contributed by atoms with Crippen LogP contribution in [0.5, 0.6) is 0 Å². The molecule has 3 rings (SSSR count). The summed E-state index contributed by atoms with van der Waals surface area (Å²) >= 11 is 0. The lowest BCUT2D eigenvalue weighted by Crippen LogP contribution is -2.60. The zero-order chi connectivity index (χ0) is 27.0. The highest BCUT2D eigenvalue weighted by atomic mass is 16.4. The number of aliphatic hydroxyl groups is 1. The predicted molar refractivity (Wildman–Crippen MR) is 143 cm³/mol. The Kier molecular flexibility index (Phi) is 10.5. The third-order valence-corrected chi connectivity index (χ3v) is 7.63. The van der Waals surface area contributed by atoms with Gasteiger partial charge in [-0.1, -0.05) is 49.6 Å². The molecule has 5 unspecified atom stereocenters. The number of carboxylic acids is 1. The average Bonchev–Trinajstić information content (AvgIpc) is 2.82. The number of benzene rings is 1. The summed E-state index contributed by atoms with van der Waals surface area (Å²) in [6, 6.07) is 8.84. The van der Waals surface area contributed by atoms with Gasteiger partial charge in [0.1, 0.15) is 0 Å². The first-order valence-corrected chi connectivity index (χ1v) is 13.8. The van der Waals surface area contributed by atoms with Gasteiger partial charge in [0.25, 0.3) is 0 Å². The fourth-order valence-electron chi connectivity index (χ4n) is 5.82. The smallest absolute Gasteiger partial charge is 0.303 e. The van der Waals surface area contributed by atoms with E-state index in [1.54, 1.807) is 0 Å². The van der Waals surface area contributed by atoms with Crippen LogP contribution >= 0.6 is 0 Å². The summed E-state index contributed by atoms with van der Waals surface area (Å²) in [6.45, 7) is 7.00.